The molecule has 6 nitrogen and oxygen atoms in total. The normalized spacial score (nSPS) is 12.6. The largest absolute Gasteiger partial charge is 0.480 e. The van der Waals surface area contributed by atoms with E-state index in [2.05, 4.69) is 5.32 Å². The van der Waals surface area contributed by atoms with Crippen LogP contribution in [0.1, 0.15) is 44.5 Å². The van der Waals surface area contributed by atoms with E-state index in [9.17, 15) is 9.59 Å². The van der Waals surface area contributed by atoms with Gasteiger partial charge in [0.15, 0.2) is 6.10 Å². The number of ether oxygens (including phenoxy) is 1. The Balaban J connectivity index is 2.86. The minimum absolute atomic E-state index is 0.157. The fourth-order valence-corrected chi connectivity index (χ4v) is 1.61. The van der Waals surface area contributed by atoms with Crippen molar-refractivity contribution in [1.29, 1.82) is 0 Å². The van der Waals surface area contributed by atoms with E-state index in [1.807, 2.05) is 20.8 Å². The summed E-state index contributed by atoms with van der Waals surface area (Å²) in [6.07, 6.45) is 0.0393. The van der Waals surface area contributed by atoms with Crippen LogP contribution in [0, 0.1) is 0 Å². The SMILES string of the molecule is CCC(C)(C)NC(=O)C(C)Oc1ccc(N)cc1C(N)=O. The van der Waals surface area contributed by atoms with Crippen molar-refractivity contribution in [3.05, 3.63) is 23.8 Å². The summed E-state index contributed by atoms with van der Waals surface area (Å²) in [5.74, 6) is -0.665. The average Bonchev–Trinajstić information content (AvgIpc) is 2.40. The molecule has 0 fully saturated rings. The number of carbonyl (C=O) groups is 2. The second-order valence-electron chi connectivity index (χ2n) is 5.61. The smallest absolute Gasteiger partial charge is 0.261 e. The number of hydrogen-bond acceptors (Lipinski definition) is 4. The molecule has 5 N–H and O–H groups in total. The number of nitrogen functional groups attached to an aromatic ring is 1. The second kappa shape index (κ2) is 6.47. The van der Waals surface area contributed by atoms with Gasteiger partial charge in [0.1, 0.15) is 5.75 Å². The van der Waals surface area contributed by atoms with Crippen LogP contribution < -0.4 is 21.5 Å². The van der Waals surface area contributed by atoms with Gasteiger partial charge in [0.25, 0.3) is 11.8 Å². The summed E-state index contributed by atoms with van der Waals surface area (Å²) in [6.45, 7) is 7.45. The predicted molar refractivity (Wildman–Crippen MR) is 82.0 cm³/mol. The van der Waals surface area contributed by atoms with Gasteiger partial charge in [-0.3, -0.25) is 9.59 Å². The van der Waals surface area contributed by atoms with Crippen molar-refractivity contribution in [1.82, 2.24) is 5.32 Å². The third-order valence-corrected chi connectivity index (χ3v) is 3.29. The maximum absolute atomic E-state index is 12.1. The molecular formula is C15H23N3O3. The maximum atomic E-state index is 12.1. The Morgan fingerprint density at radius 3 is 2.52 bits per heavy atom. The lowest BCUT2D eigenvalue weighted by atomic mass is 10.0. The summed E-state index contributed by atoms with van der Waals surface area (Å²) < 4.78 is 5.55. The van der Waals surface area contributed by atoms with Gasteiger partial charge in [-0.25, -0.2) is 0 Å². The monoisotopic (exact) mass is 293 g/mol. The molecule has 116 valence electrons. The summed E-state index contributed by atoms with van der Waals surface area (Å²) in [6, 6.07) is 4.55. The number of nitrogens with one attached hydrogen (secondary N) is 1. The van der Waals surface area contributed by atoms with Crippen molar-refractivity contribution >= 4 is 17.5 Å². The highest BCUT2D eigenvalue weighted by atomic mass is 16.5. The van der Waals surface area contributed by atoms with Crippen molar-refractivity contribution in [2.75, 3.05) is 5.73 Å². The number of anilines is 1. The zero-order chi connectivity index (χ0) is 16.2. The topological polar surface area (TPSA) is 107 Å². The van der Waals surface area contributed by atoms with Crippen LogP contribution in [-0.4, -0.2) is 23.5 Å². The molecule has 6 heteroatoms. The summed E-state index contributed by atoms with van der Waals surface area (Å²) in [4.78, 5) is 23.5. The highest BCUT2D eigenvalue weighted by Crippen LogP contribution is 2.22. The zero-order valence-corrected chi connectivity index (χ0v) is 12.9. The van der Waals surface area contributed by atoms with E-state index >= 15 is 0 Å². The number of benzene rings is 1. The van der Waals surface area contributed by atoms with Gasteiger partial charge in [-0.05, 0) is 45.4 Å². The molecule has 0 saturated heterocycles. The first kappa shape index (κ1) is 16.8. The molecule has 1 atom stereocenters. The Kier molecular flexibility index (Phi) is 5.18. The Morgan fingerprint density at radius 1 is 1.38 bits per heavy atom. The molecule has 0 aromatic heterocycles. The van der Waals surface area contributed by atoms with E-state index in [1.54, 1.807) is 13.0 Å². The van der Waals surface area contributed by atoms with Crippen LogP contribution in [-0.2, 0) is 4.79 Å². The number of carbonyl (C=O) groups excluding carboxylic acids is 2. The number of nitrogens with two attached hydrogens (primary N) is 2. The fourth-order valence-electron chi connectivity index (χ4n) is 1.61. The van der Waals surface area contributed by atoms with Crippen molar-refractivity contribution in [3.8, 4) is 5.75 Å². The van der Waals surface area contributed by atoms with Crippen molar-refractivity contribution in [2.45, 2.75) is 45.8 Å². The van der Waals surface area contributed by atoms with Crippen LogP contribution in [0.4, 0.5) is 5.69 Å². The summed E-state index contributed by atoms with van der Waals surface area (Å²) in [7, 11) is 0. The molecule has 0 bridgehead atoms. The summed E-state index contributed by atoms with van der Waals surface area (Å²) in [5.41, 5.74) is 11.1. The maximum Gasteiger partial charge on any atom is 0.261 e. The minimum atomic E-state index is -0.752. The molecule has 1 unspecified atom stereocenters. The van der Waals surface area contributed by atoms with Gasteiger partial charge < -0.3 is 21.5 Å². The van der Waals surface area contributed by atoms with Crippen LogP contribution >= 0.6 is 0 Å². The first-order valence-corrected chi connectivity index (χ1v) is 6.84. The third kappa shape index (κ3) is 4.66. The van der Waals surface area contributed by atoms with Gasteiger partial charge in [0.05, 0.1) is 5.56 Å². The molecule has 0 radical (unpaired) electrons. The lowest BCUT2D eigenvalue weighted by molar-refractivity contribution is -0.129. The molecule has 1 aromatic carbocycles. The van der Waals surface area contributed by atoms with Crippen LogP contribution in [0.25, 0.3) is 0 Å². The highest BCUT2D eigenvalue weighted by Gasteiger charge is 2.24. The van der Waals surface area contributed by atoms with E-state index in [-0.39, 0.29) is 22.8 Å². The predicted octanol–water partition coefficient (Wildman–Crippen LogP) is 1.44. The fraction of sp³-hybridized carbons (Fsp3) is 0.467. The number of amides is 2. The van der Waals surface area contributed by atoms with Crippen LogP contribution in [0.15, 0.2) is 18.2 Å². The highest BCUT2D eigenvalue weighted by molar-refractivity contribution is 5.96. The molecule has 1 aromatic rings. The van der Waals surface area contributed by atoms with Gasteiger partial charge in [-0.15, -0.1) is 0 Å². The Hall–Kier alpha value is -2.24. The molecule has 0 aliphatic carbocycles. The molecular weight excluding hydrogens is 270 g/mol. The Morgan fingerprint density at radius 2 is 2.00 bits per heavy atom. The van der Waals surface area contributed by atoms with Gasteiger partial charge in [-0.1, -0.05) is 6.92 Å². The molecule has 0 aliphatic rings. The molecule has 0 heterocycles. The molecule has 21 heavy (non-hydrogen) atoms. The average molecular weight is 293 g/mol. The number of hydrogen-bond donors (Lipinski definition) is 3. The second-order valence-corrected chi connectivity index (χ2v) is 5.61. The summed E-state index contributed by atoms with van der Waals surface area (Å²) in [5, 5.41) is 2.88. The Bertz CT molecular complexity index is 541. The van der Waals surface area contributed by atoms with Crippen molar-refractivity contribution in [3.63, 3.8) is 0 Å². The van der Waals surface area contributed by atoms with E-state index in [4.69, 9.17) is 16.2 Å². The van der Waals surface area contributed by atoms with E-state index in [0.717, 1.165) is 6.42 Å². The number of primary amides is 1. The van der Waals surface area contributed by atoms with Crippen LogP contribution in [0.3, 0.4) is 0 Å². The Labute approximate surface area is 124 Å². The van der Waals surface area contributed by atoms with Crippen molar-refractivity contribution in [2.24, 2.45) is 5.73 Å². The van der Waals surface area contributed by atoms with E-state index < -0.39 is 12.0 Å². The van der Waals surface area contributed by atoms with Gasteiger partial charge >= 0.3 is 0 Å². The van der Waals surface area contributed by atoms with E-state index in [0.29, 0.717) is 5.69 Å². The molecule has 0 saturated carbocycles. The molecule has 2 amide bonds. The van der Waals surface area contributed by atoms with Gasteiger partial charge in [0, 0.05) is 11.2 Å². The van der Waals surface area contributed by atoms with Crippen LogP contribution in [0.2, 0.25) is 0 Å². The first-order chi connectivity index (χ1) is 9.66. The van der Waals surface area contributed by atoms with Gasteiger partial charge in [-0.2, -0.15) is 0 Å². The van der Waals surface area contributed by atoms with Crippen LogP contribution in [0.5, 0.6) is 5.75 Å². The standard InChI is InChI=1S/C15H23N3O3/c1-5-15(3,4)18-14(20)9(2)21-12-7-6-10(16)8-11(12)13(17)19/h6-9H,5,16H2,1-4H3,(H2,17,19)(H,18,20). The quantitative estimate of drug-likeness (QED) is 0.690. The summed E-state index contributed by atoms with van der Waals surface area (Å²) >= 11 is 0. The molecule has 1 rings (SSSR count). The van der Waals surface area contributed by atoms with E-state index in [1.165, 1.54) is 12.1 Å². The first-order valence-electron chi connectivity index (χ1n) is 6.84. The lowest BCUT2D eigenvalue weighted by Gasteiger charge is -2.26. The third-order valence-electron chi connectivity index (χ3n) is 3.29. The minimum Gasteiger partial charge on any atom is -0.480 e. The zero-order valence-electron chi connectivity index (χ0n) is 12.9. The lowest BCUT2D eigenvalue weighted by Crippen LogP contribution is -2.48. The van der Waals surface area contributed by atoms with Gasteiger partial charge in [0.2, 0.25) is 0 Å². The number of rotatable bonds is 6. The molecule has 0 spiro atoms. The molecule has 0 aliphatic heterocycles. The van der Waals surface area contributed by atoms with Crippen molar-refractivity contribution < 1.29 is 14.3 Å².